The molecule has 5 amide bonds. The van der Waals surface area contributed by atoms with Crippen LogP contribution in [0.4, 0.5) is 4.79 Å². The second-order valence-electron chi connectivity index (χ2n) is 7.31. The Balaban J connectivity index is 1.45. The zero-order chi connectivity index (χ0) is 19.0. The van der Waals surface area contributed by atoms with Crippen molar-refractivity contribution in [2.45, 2.75) is 31.7 Å². The smallest absolute Gasteiger partial charge is 0.277 e. The van der Waals surface area contributed by atoms with Gasteiger partial charge in [0.15, 0.2) is 5.92 Å². The van der Waals surface area contributed by atoms with Crippen LogP contribution in [-0.4, -0.2) is 40.9 Å². The predicted molar refractivity (Wildman–Crippen MR) is 95.5 cm³/mol. The molecule has 0 spiro atoms. The van der Waals surface area contributed by atoms with E-state index in [1.54, 1.807) is 30.3 Å². The molecule has 2 saturated carbocycles. The molecule has 3 fully saturated rings. The molecule has 8 heteroatoms. The normalized spacial score (nSPS) is 30.1. The molecular formula is C19H20N4O4. The Morgan fingerprint density at radius 1 is 1.15 bits per heavy atom. The fourth-order valence-electron chi connectivity index (χ4n) is 4.40. The monoisotopic (exact) mass is 368 g/mol. The van der Waals surface area contributed by atoms with E-state index < -0.39 is 29.7 Å². The van der Waals surface area contributed by atoms with Gasteiger partial charge in [-0.15, -0.1) is 0 Å². The number of benzene rings is 1. The molecule has 2 aliphatic carbocycles. The maximum atomic E-state index is 12.8. The van der Waals surface area contributed by atoms with Crippen LogP contribution in [0.3, 0.4) is 0 Å². The van der Waals surface area contributed by atoms with Crippen molar-refractivity contribution in [3.8, 4) is 0 Å². The third kappa shape index (κ3) is 3.22. The number of hydrazone groups is 1. The van der Waals surface area contributed by atoms with Gasteiger partial charge in [0.25, 0.3) is 5.91 Å². The number of imide groups is 2. The highest BCUT2D eigenvalue weighted by Crippen LogP contribution is 2.47. The van der Waals surface area contributed by atoms with Gasteiger partial charge in [0, 0.05) is 17.8 Å². The predicted octanol–water partition coefficient (Wildman–Crippen LogP) is 1.29. The highest BCUT2D eigenvalue weighted by molar-refractivity contribution is 6.23. The van der Waals surface area contributed by atoms with Crippen LogP contribution in [0.1, 0.15) is 36.0 Å². The summed E-state index contributed by atoms with van der Waals surface area (Å²) in [7, 11) is 0. The fraction of sp³-hybridized carbons (Fsp3) is 0.421. The minimum Gasteiger partial charge on any atom is -0.277 e. The summed E-state index contributed by atoms with van der Waals surface area (Å²) in [5, 5.41) is 6.00. The van der Waals surface area contributed by atoms with Crippen molar-refractivity contribution in [3.63, 3.8) is 0 Å². The number of barbiturate groups is 1. The van der Waals surface area contributed by atoms with E-state index in [0.717, 1.165) is 31.9 Å². The summed E-state index contributed by atoms with van der Waals surface area (Å²) < 4.78 is 0. The first kappa shape index (κ1) is 17.4. The Morgan fingerprint density at radius 2 is 1.93 bits per heavy atom. The standard InChI is InChI=1S/C19H20N4O4/c24-16(12-4-2-1-3-5-12)22-20-10-14-17(25)21-19(27)23(18(14)26)15-9-11-6-7-13(15)8-11/h1-5,10-11,13-15H,6-9H2,(H,22,24)(H,21,25,27)/b20-10-/t11-,13-,14-,15+/m0/s1. The van der Waals surface area contributed by atoms with Crippen LogP contribution in [0, 0.1) is 17.8 Å². The van der Waals surface area contributed by atoms with Gasteiger partial charge in [0.05, 0.1) is 0 Å². The van der Waals surface area contributed by atoms with E-state index in [4.69, 9.17) is 0 Å². The average Bonchev–Trinajstić information content (AvgIpc) is 3.28. The van der Waals surface area contributed by atoms with Crippen LogP contribution < -0.4 is 10.7 Å². The van der Waals surface area contributed by atoms with Crippen molar-refractivity contribution >= 4 is 30.0 Å². The molecule has 8 nitrogen and oxygen atoms in total. The van der Waals surface area contributed by atoms with E-state index in [9.17, 15) is 19.2 Å². The van der Waals surface area contributed by atoms with E-state index in [2.05, 4.69) is 15.8 Å². The number of hydrogen-bond donors (Lipinski definition) is 2. The van der Waals surface area contributed by atoms with Crippen LogP contribution in [0.2, 0.25) is 0 Å². The van der Waals surface area contributed by atoms with Gasteiger partial charge in [0.2, 0.25) is 11.8 Å². The van der Waals surface area contributed by atoms with Gasteiger partial charge >= 0.3 is 6.03 Å². The molecule has 0 radical (unpaired) electrons. The summed E-state index contributed by atoms with van der Waals surface area (Å²) in [4.78, 5) is 50.3. The van der Waals surface area contributed by atoms with Crippen molar-refractivity contribution in [2.24, 2.45) is 22.9 Å². The summed E-state index contributed by atoms with van der Waals surface area (Å²) in [5.41, 5.74) is 2.71. The number of urea groups is 1. The topological polar surface area (TPSA) is 108 Å². The van der Waals surface area contributed by atoms with Crippen LogP contribution in [0.25, 0.3) is 0 Å². The average molecular weight is 368 g/mol. The van der Waals surface area contributed by atoms with E-state index in [1.807, 2.05) is 0 Å². The molecule has 27 heavy (non-hydrogen) atoms. The van der Waals surface area contributed by atoms with Crippen LogP contribution in [0.15, 0.2) is 35.4 Å². The fourth-order valence-corrected chi connectivity index (χ4v) is 4.40. The van der Waals surface area contributed by atoms with Crippen molar-refractivity contribution in [2.75, 3.05) is 0 Å². The SMILES string of the molecule is O=C(N/N=C\[C@H]1C(=O)NC(=O)N([C@@H]2C[C@H]3CC[C@H]2C3)C1=O)c1ccccc1. The molecule has 2 bridgehead atoms. The summed E-state index contributed by atoms with van der Waals surface area (Å²) in [6.07, 6.45) is 5.06. The number of rotatable bonds is 4. The van der Waals surface area contributed by atoms with Gasteiger partial charge in [-0.2, -0.15) is 5.10 Å². The minimum atomic E-state index is -1.22. The number of amides is 5. The molecule has 2 N–H and O–H groups in total. The maximum absolute atomic E-state index is 12.8. The van der Waals surface area contributed by atoms with Crippen molar-refractivity contribution in [1.29, 1.82) is 0 Å². The quantitative estimate of drug-likeness (QED) is 0.474. The Morgan fingerprint density at radius 3 is 2.59 bits per heavy atom. The first-order valence-corrected chi connectivity index (χ1v) is 9.11. The molecule has 1 saturated heterocycles. The molecule has 4 rings (SSSR count). The molecule has 1 aromatic carbocycles. The highest BCUT2D eigenvalue weighted by Gasteiger charge is 2.50. The molecule has 1 aliphatic heterocycles. The lowest BCUT2D eigenvalue weighted by atomic mass is 9.92. The maximum Gasteiger partial charge on any atom is 0.331 e. The van der Waals surface area contributed by atoms with Crippen LogP contribution >= 0.6 is 0 Å². The van der Waals surface area contributed by atoms with Gasteiger partial charge in [-0.25, -0.2) is 10.2 Å². The third-order valence-electron chi connectivity index (χ3n) is 5.69. The first-order chi connectivity index (χ1) is 13.0. The zero-order valence-corrected chi connectivity index (χ0v) is 14.6. The van der Waals surface area contributed by atoms with Gasteiger partial charge in [-0.3, -0.25) is 24.6 Å². The summed E-state index contributed by atoms with van der Waals surface area (Å²) in [5.74, 6) is -2.10. The zero-order valence-electron chi connectivity index (χ0n) is 14.6. The number of nitrogens with zero attached hydrogens (tertiary/aromatic N) is 2. The third-order valence-corrected chi connectivity index (χ3v) is 5.69. The number of carbonyl (C=O) groups is 4. The minimum absolute atomic E-state index is 0.154. The highest BCUT2D eigenvalue weighted by atomic mass is 16.2. The second-order valence-corrected chi connectivity index (χ2v) is 7.31. The van der Waals surface area contributed by atoms with Crippen molar-refractivity contribution in [1.82, 2.24) is 15.6 Å². The molecule has 140 valence electrons. The van der Waals surface area contributed by atoms with E-state index in [1.165, 1.54) is 4.90 Å². The lowest BCUT2D eigenvalue weighted by Crippen LogP contribution is -2.62. The van der Waals surface area contributed by atoms with Gasteiger partial charge in [-0.05, 0) is 43.2 Å². The molecule has 4 atom stereocenters. The van der Waals surface area contributed by atoms with Gasteiger partial charge in [0.1, 0.15) is 0 Å². The molecule has 1 aromatic rings. The lowest BCUT2D eigenvalue weighted by molar-refractivity contribution is -0.141. The number of nitrogens with one attached hydrogen (secondary N) is 2. The number of carbonyl (C=O) groups excluding carboxylic acids is 4. The Bertz CT molecular complexity index is 822. The summed E-state index contributed by atoms with van der Waals surface area (Å²) in [6.45, 7) is 0. The van der Waals surface area contributed by atoms with E-state index in [0.29, 0.717) is 17.4 Å². The van der Waals surface area contributed by atoms with E-state index >= 15 is 0 Å². The van der Waals surface area contributed by atoms with Crippen molar-refractivity contribution < 1.29 is 19.2 Å². The largest absolute Gasteiger partial charge is 0.331 e. The molecule has 0 unspecified atom stereocenters. The molecule has 3 aliphatic rings. The van der Waals surface area contributed by atoms with Crippen molar-refractivity contribution in [3.05, 3.63) is 35.9 Å². The molecule has 1 heterocycles. The van der Waals surface area contributed by atoms with Crippen LogP contribution in [-0.2, 0) is 9.59 Å². The number of hydrogen-bond acceptors (Lipinski definition) is 5. The second kappa shape index (κ2) is 6.94. The Hall–Kier alpha value is -3.03. The van der Waals surface area contributed by atoms with Crippen LogP contribution in [0.5, 0.6) is 0 Å². The first-order valence-electron chi connectivity index (χ1n) is 9.11. The lowest BCUT2D eigenvalue weighted by Gasteiger charge is -2.36. The Kier molecular flexibility index (Phi) is 4.47. The van der Waals surface area contributed by atoms with E-state index in [-0.39, 0.29) is 6.04 Å². The number of fused-ring (bicyclic) bond motifs is 2. The van der Waals surface area contributed by atoms with Gasteiger partial charge in [-0.1, -0.05) is 24.6 Å². The summed E-state index contributed by atoms with van der Waals surface area (Å²) >= 11 is 0. The summed E-state index contributed by atoms with van der Waals surface area (Å²) in [6, 6.07) is 7.66. The molecular weight excluding hydrogens is 348 g/mol. The Labute approximate surface area is 156 Å². The van der Waals surface area contributed by atoms with Gasteiger partial charge < -0.3 is 0 Å². The molecule has 0 aromatic heterocycles.